The highest BCUT2D eigenvalue weighted by Gasteiger charge is 2.50. The third kappa shape index (κ3) is 5.74. The van der Waals surface area contributed by atoms with E-state index < -0.39 is 90.7 Å². The van der Waals surface area contributed by atoms with Gasteiger partial charge in [-0.1, -0.05) is 0 Å². The van der Waals surface area contributed by atoms with Crippen molar-refractivity contribution in [2.45, 2.75) is 68.3 Å². The van der Waals surface area contributed by atoms with Crippen LogP contribution in [0.25, 0.3) is 22.3 Å². The van der Waals surface area contributed by atoms with E-state index in [1.165, 1.54) is 14.0 Å². The lowest BCUT2D eigenvalue weighted by Gasteiger charge is -2.45. The number of methoxy groups -OCH3 is 1. The van der Waals surface area contributed by atoms with Crippen LogP contribution in [0.2, 0.25) is 0 Å². The van der Waals surface area contributed by atoms with E-state index in [9.17, 15) is 45.6 Å². The largest absolute Gasteiger partial charge is 0.504 e. The van der Waals surface area contributed by atoms with E-state index in [1.807, 2.05) is 0 Å². The van der Waals surface area contributed by atoms with Gasteiger partial charge in [-0.15, -0.1) is 0 Å². The van der Waals surface area contributed by atoms with Crippen molar-refractivity contribution in [1.29, 1.82) is 0 Å². The summed E-state index contributed by atoms with van der Waals surface area (Å²) in [6, 6.07) is 8.88. The van der Waals surface area contributed by atoms with Crippen LogP contribution in [0.3, 0.4) is 0 Å². The molecule has 0 amide bonds. The zero-order valence-electron chi connectivity index (χ0n) is 22.9. The topological polar surface area (TPSA) is 238 Å². The number of rotatable bonds is 7. The fourth-order valence-electron chi connectivity index (χ4n) is 5.01. The molecule has 15 heteroatoms. The van der Waals surface area contributed by atoms with Crippen LogP contribution >= 0.6 is 0 Å². The van der Waals surface area contributed by atoms with Crippen LogP contribution < -0.4 is 14.9 Å². The molecule has 2 fully saturated rings. The van der Waals surface area contributed by atoms with Crippen molar-refractivity contribution in [3.05, 3.63) is 46.6 Å². The van der Waals surface area contributed by atoms with E-state index in [0.29, 0.717) is 11.3 Å². The molecule has 0 aliphatic carbocycles. The van der Waals surface area contributed by atoms with Gasteiger partial charge in [0.25, 0.3) is 0 Å². The van der Waals surface area contributed by atoms with Crippen LogP contribution in [-0.2, 0) is 14.2 Å². The number of ether oxygens (including phenoxy) is 5. The second kappa shape index (κ2) is 12.2. The standard InChI is InChI=1S/C28H32O15/c1-10-26(43-28-24(36)22(34)20(32)17(9-29)42-28)23(35)25(37)27(39-10)41-16-8-15-18(21(33)19(16)31)13(30)7-14(40-15)11-3-5-12(38-2)6-4-11/h3-8,10,17,20,22-29,31-37H,9H2,1-2H3/t10-,17+,20+,22-,23-,24+,25+,26-,27+,28-/m0/s1. The minimum atomic E-state index is -1.83. The second-order valence-electron chi connectivity index (χ2n) is 10.3. The molecule has 234 valence electrons. The van der Waals surface area contributed by atoms with Gasteiger partial charge in [0.15, 0.2) is 23.2 Å². The molecule has 2 aliphatic heterocycles. The van der Waals surface area contributed by atoms with Gasteiger partial charge in [0, 0.05) is 17.7 Å². The van der Waals surface area contributed by atoms with E-state index >= 15 is 0 Å². The zero-order chi connectivity index (χ0) is 31.2. The van der Waals surface area contributed by atoms with Crippen molar-refractivity contribution in [2.24, 2.45) is 0 Å². The normalized spacial score (nSPS) is 32.9. The third-order valence-corrected chi connectivity index (χ3v) is 7.47. The molecular formula is C28H32O15. The van der Waals surface area contributed by atoms with Crippen LogP contribution in [0, 0.1) is 0 Å². The summed E-state index contributed by atoms with van der Waals surface area (Å²) in [7, 11) is 1.50. The summed E-state index contributed by atoms with van der Waals surface area (Å²) < 4.78 is 33.1. The molecule has 1 aromatic heterocycles. The average molecular weight is 609 g/mol. The predicted molar refractivity (Wildman–Crippen MR) is 143 cm³/mol. The number of aliphatic hydroxyl groups is 6. The highest BCUT2D eigenvalue weighted by Crippen LogP contribution is 2.43. The molecular weight excluding hydrogens is 576 g/mol. The first-order valence-electron chi connectivity index (χ1n) is 13.3. The molecule has 3 heterocycles. The van der Waals surface area contributed by atoms with Gasteiger partial charge in [0.1, 0.15) is 65.2 Å². The monoisotopic (exact) mass is 608 g/mol. The molecule has 8 N–H and O–H groups in total. The molecule has 0 radical (unpaired) electrons. The third-order valence-electron chi connectivity index (χ3n) is 7.47. The highest BCUT2D eigenvalue weighted by atomic mass is 16.7. The minimum Gasteiger partial charge on any atom is -0.504 e. The first-order chi connectivity index (χ1) is 20.4. The predicted octanol–water partition coefficient (Wildman–Crippen LogP) is -1.09. The maximum Gasteiger partial charge on any atom is 0.229 e. The van der Waals surface area contributed by atoms with Gasteiger partial charge in [-0.05, 0) is 31.2 Å². The van der Waals surface area contributed by atoms with Gasteiger partial charge in [0.2, 0.25) is 12.0 Å². The first kappa shape index (κ1) is 30.9. The summed E-state index contributed by atoms with van der Waals surface area (Å²) in [5.41, 5.74) is -0.299. The average Bonchev–Trinajstić information content (AvgIpc) is 3.00. The Labute approximate surface area is 243 Å². The van der Waals surface area contributed by atoms with Gasteiger partial charge in [-0.25, -0.2) is 0 Å². The molecule has 15 nitrogen and oxygen atoms in total. The van der Waals surface area contributed by atoms with Crippen LogP contribution in [-0.4, -0.2) is 116 Å². The fraction of sp³-hybridized carbons (Fsp3) is 0.464. The van der Waals surface area contributed by atoms with Crippen LogP contribution in [0.5, 0.6) is 23.0 Å². The maximum atomic E-state index is 12.8. The second-order valence-corrected chi connectivity index (χ2v) is 10.3. The van der Waals surface area contributed by atoms with Crippen LogP contribution in [0.4, 0.5) is 0 Å². The zero-order valence-corrected chi connectivity index (χ0v) is 22.9. The Kier molecular flexibility index (Phi) is 8.80. The molecule has 0 spiro atoms. The van der Waals surface area contributed by atoms with Crippen molar-refractivity contribution in [1.82, 2.24) is 0 Å². The van der Waals surface area contributed by atoms with Gasteiger partial charge < -0.3 is 69.0 Å². The lowest BCUT2D eigenvalue weighted by molar-refractivity contribution is -0.348. The lowest BCUT2D eigenvalue weighted by Crippen LogP contribution is -2.64. The summed E-state index contributed by atoms with van der Waals surface area (Å²) in [5.74, 6) is -1.42. The molecule has 2 saturated heterocycles. The summed E-state index contributed by atoms with van der Waals surface area (Å²) in [4.78, 5) is 12.8. The molecule has 0 saturated carbocycles. The summed E-state index contributed by atoms with van der Waals surface area (Å²) >= 11 is 0. The minimum absolute atomic E-state index is 0.141. The molecule has 10 atom stereocenters. The summed E-state index contributed by atoms with van der Waals surface area (Å²) in [6.07, 6.45) is -15.6. The number of fused-ring (bicyclic) bond motifs is 1. The molecule has 5 rings (SSSR count). The quantitative estimate of drug-likeness (QED) is 0.149. The van der Waals surface area contributed by atoms with Gasteiger partial charge in [-0.3, -0.25) is 4.79 Å². The fourth-order valence-corrected chi connectivity index (χ4v) is 5.01. The summed E-state index contributed by atoms with van der Waals surface area (Å²) in [5, 5.41) is 82.2. The van der Waals surface area contributed by atoms with E-state index in [-0.39, 0.29) is 16.7 Å². The van der Waals surface area contributed by atoms with Crippen molar-refractivity contribution >= 4 is 11.0 Å². The molecule has 2 aliphatic rings. The Balaban J connectivity index is 1.38. The molecule has 2 aromatic carbocycles. The number of hydrogen-bond acceptors (Lipinski definition) is 15. The Hall–Kier alpha value is -3.51. The Bertz CT molecular complexity index is 1490. The number of benzene rings is 2. The molecule has 3 aromatic rings. The van der Waals surface area contributed by atoms with Crippen molar-refractivity contribution in [2.75, 3.05) is 13.7 Å². The Morgan fingerprint density at radius 2 is 1.51 bits per heavy atom. The molecule has 0 unspecified atom stereocenters. The Morgan fingerprint density at radius 3 is 2.16 bits per heavy atom. The number of aliphatic hydroxyl groups excluding tert-OH is 6. The number of aromatic hydroxyl groups is 2. The molecule has 43 heavy (non-hydrogen) atoms. The first-order valence-corrected chi connectivity index (χ1v) is 13.3. The van der Waals surface area contributed by atoms with Gasteiger partial charge in [-0.2, -0.15) is 0 Å². The molecule has 0 bridgehead atoms. The smallest absolute Gasteiger partial charge is 0.229 e. The van der Waals surface area contributed by atoms with E-state index in [2.05, 4.69) is 0 Å². The van der Waals surface area contributed by atoms with E-state index in [4.69, 9.17) is 28.1 Å². The van der Waals surface area contributed by atoms with Crippen LogP contribution in [0.15, 0.2) is 45.6 Å². The van der Waals surface area contributed by atoms with Crippen molar-refractivity contribution in [3.8, 4) is 34.3 Å². The maximum absolute atomic E-state index is 12.8. The van der Waals surface area contributed by atoms with E-state index in [1.54, 1.807) is 24.3 Å². The SMILES string of the molecule is COc1ccc(-c2cc(=O)c3c(O)c(O)c(O[C@H]4O[C@@H](C)[C@H](O[C@@H]5O[C@H](CO)[C@@H](O)[C@H](O)[C@H]5O)[C@@H](O)[C@H]4O)cc3o2)cc1. The lowest BCUT2D eigenvalue weighted by atomic mass is 9.97. The van der Waals surface area contributed by atoms with Crippen LogP contribution in [0.1, 0.15) is 6.92 Å². The van der Waals surface area contributed by atoms with Crippen molar-refractivity contribution < 1.29 is 69.0 Å². The highest BCUT2D eigenvalue weighted by molar-refractivity contribution is 5.89. The van der Waals surface area contributed by atoms with Gasteiger partial charge >= 0.3 is 0 Å². The summed E-state index contributed by atoms with van der Waals surface area (Å²) in [6.45, 7) is 0.727. The van der Waals surface area contributed by atoms with E-state index in [0.717, 1.165) is 12.1 Å². The Morgan fingerprint density at radius 1 is 0.837 bits per heavy atom. The number of hydrogen-bond donors (Lipinski definition) is 8. The number of phenols is 2. The van der Waals surface area contributed by atoms with Gasteiger partial charge in [0.05, 0.1) is 19.8 Å². The van der Waals surface area contributed by atoms with Crippen molar-refractivity contribution in [3.63, 3.8) is 0 Å². The number of phenolic OH excluding ortho intramolecular Hbond substituents is 2.